The molecular formula is C12H17N3O3. The molecule has 1 atom stereocenters. The number of H-pyrrole nitrogens is 1. The summed E-state index contributed by atoms with van der Waals surface area (Å²) in [4.78, 5) is 31.5. The van der Waals surface area contributed by atoms with Crippen molar-refractivity contribution in [2.24, 2.45) is 5.41 Å². The molecule has 6 nitrogen and oxygen atoms in total. The minimum Gasteiger partial charge on any atom is -0.481 e. The van der Waals surface area contributed by atoms with Crippen LogP contribution in [0.25, 0.3) is 0 Å². The first-order chi connectivity index (χ1) is 8.59. The van der Waals surface area contributed by atoms with Gasteiger partial charge in [-0.25, -0.2) is 4.98 Å². The number of aromatic nitrogens is 2. The van der Waals surface area contributed by atoms with E-state index >= 15 is 0 Å². The molecule has 0 bridgehead atoms. The maximum Gasteiger partial charge on any atom is 0.311 e. The van der Waals surface area contributed by atoms with E-state index in [1.54, 1.807) is 4.90 Å². The number of nitrogens with one attached hydrogen (secondary N) is 1. The van der Waals surface area contributed by atoms with Crippen molar-refractivity contribution in [1.82, 2.24) is 9.97 Å². The highest BCUT2D eigenvalue weighted by Gasteiger charge is 2.41. The van der Waals surface area contributed by atoms with Gasteiger partial charge in [-0.2, -0.15) is 0 Å². The Morgan fingerprint density at radius 3 is 3.06 bits per heavy atom. The summed E-state index contributed by atoms with van der Waals surface area (Å²) >= 11 is 0. The van der Waals surface area contributed by atoms with Crippen LogP contribution in [0.1, 0.15) is 26.2 Å². The van der Waals surface area contributed by atoms with Crippen LogP contribution in [0.5, 0.6) is 0 Å². The van der Waals surface area contributed by atoms with Crippen LogP contribution in [-0.4, -0.2) is 34.1 Å². The molecule has 1 fully saturated rings. The van der Waals surface area contributed by atoms with Gasteiger partial charge < -0.3 is 15.0 Å². The van der Waals surface area contributed by atoms with E-state index in [0.717, 1.165) is 6.42 Å². The molecule has 1 aliphatic heterocycles. The predicted molar refractivity (Wildman–Crippen MR) is 66.7 cm³/mol. The third kappa shape index (κ3) is 2.10. The normalized spacial score (nSPS) is 23.9. The number of piperidine rings is 1. The average molecular weight is 251 g/mol. The third-order valence-electron chi connectivity index (χ3n) is 3.70. The Kier molecular flexibility index (Phi) is 3.36. The van der Waals surface area contributed by atoms with Crippen molar-refractivity contribution in [3.05, 3.63) is 22.7 Å². The Bertz CT molecular complexity index is 499. The number of aromatic amines is 1. The lowest BCUT2D eigenvalue weighted by molar-refractivity contribution is -0.149. The first-order valence-electron chi connectivity index (χ1n) is 6.11. The van der Waals surface area contributed by atoms with Gasteiger partial charge in [0.05, 0.1) is 5.41 Å². The summed E-state index contributed by atoms with van der Waals surface area (Å²) in [5.74, 6) is -0.474. The molecule has 0 aliphatic carbocycles. The Morgan fingerprint density at radius 2 is 2.44 bits per heavy atom. The molecule has 2 rings (SSSR count). The van der Waals surface area contributed by atoms with E-state index in [1.807, 2.05) is 6.92 Å². The number of hydrogen-bond donors (Lipinski definition) is 2. The van der Waals surface area contributed by atoms with Crippen molar-refractivity contribution in [3.63, 3.8) is 0 Å². The second-order valence-corrected chi connectivity index (χ2v) is 4.71. The summed E-state index contributed by atoms with van der Waals surface area (Å²) in [6.45, 7) is 2.90. The molecular weight excluding hydrogens is 234 g/mol. The quantitative estimate of drug-likeness (QED) is 0.831. The van der Waals surface area contributed by atoms with Crippen LogP contribution in [0, 0.1) is 5.41 Å². The van der Waals surface area contributed by atoms with Crippen LogP contribution >= 0.6 is 0 Å². The number of carboxylic acids is 1. The van der Waals surface area contributed by atoms with Crippen molar-refractivity contribution < 1.29 is 9.90 Å². The molecule has 2 heterocycles. The maximum atomic E-state index is 11.7. The predicted octanol–water partition coefficient (Wildman–Crippen LogP) is 0.851. The van der Waals surface area contributed by atoms with E-state index in [-0.39, 0.29) is 5.56 Å². The molecule has 0 aromatic carbocycles. The number of nitrogens with zero attached hydrogens (tertiary/aromatic N) is 2. The Morgan fingerprint density at radius 1 is 1.67 bits per heavy atom. The Balaban J connectivity index is 2.29. The van der Waals surface area contributed by atoms with E-state index in [0.29, 0.717) is 31.7 Å². The summed E-state index contributed by atoms with van der Waals surface area (Å²) in [6, 6.07) is 0. The summed E-state index contributed by atoms with van der Waals surface area (Å²) in [5.41, 5.74) is -1.03. The molecule has 1 aromatic rings. The van der Waals surface area contributed by atoms with Gasteiger partial charge in [0.15, 0.2) is 5.82 Å². The molecule has 98 valence electrons. The minimum atomic E-state index is -0.790. The molecule has 0 saturated carbocycles. The van der Waals surface area contributed by atoms with Gasteiger partial charge in [-0.1, -0.05) is 6.92 Å². The van der Waals surface area contributed by atoms with Gasteiger partial charge in [-0.05, 0) is 19.3 Å². The topological polar surface area (TPSA) is 86.3 Å². The zero-order valence-corrected chi connectivity index (χ0v) is 10.3. The standard InChI is InChI=1S/C12H17N3O3/c1-2-12(11(17)18)4-3-7-15(8-12)9-10(16)14-6-5-13-9/h5-6H,2-4,7-8H2,1H3,(H,14,16)(H,17,18). The van der Waals surface area contributed by atoms with Crippen molar-refractivity contribution in [2.75, 3.05) is 18.0 Å². The molecule has 0 amide bonds. The van der Waals surface area contributed by atoms with Gasteiger partial charge in [-0.3, -0.25) is 9.59 Å². The first kappa shape index (κ1) is 12.6. The minimum absolute atomic E-state index is 0.269. The molecule has 0 radical (unpaired) electrons. The van der Waals surface area contributed by atoms with Crippen molar-refractivity contribution in [1.29, 1.82) is 0 Å². The van der Waals surface area contributed by atoms with Gasteiger partial charge >= 0.3 is 5.97 Å². The molecule has 1 saturated heterocycles. The maximum absolute atomic E-state index is 11.7. The highest BCUT2D eigenvalue weighted by Crippen LogP contribution is 2.34. The highest BCUT2D eigenvalue weighted by atomic mass is 16.4. The van der Waals surface area contributed by atoms with Gasteiger partial charge in [-0.15, -0.1) is 0 Å². The van der Waals surface area contributed by atoms with Gasteiger partial charge in [0.2, 0.25) is 0 Å². The zero-order valence-electron chi connectivity index (χ0n) is 10.3. The van der Waals surface area contributed by atoms with E-state index < -0.39 is 11.4 Å². The molecule has 0 spiro atoms. The van der Waals surface area contributed by atoms with Gasteiger partial charge in [0, 0.05) is 25.5 Å². The fraction of sp³-hybridized carbons (Fsp3) is 0.583. The molecule has 1 aliphatic rings. The van der Waals surface area contributed by atoms with E-state index in [1.165, 1.54) is 12.4 Å². The Hall–Kier alpha value is -1.85. The lowest BCUT2D eigenvalue weighted by atomic mass is 9.77. The molecule has 18 heavy (non-hydrogen) atoms. The SMILES string of the molecule is CCC1(C(=O)O)CCCN(c2ncc[nH]c2=O)C1. The number of aliphatic carboxylic acids is 1. The van der Waals surface area contributed by atoms with E-state index in [9.17, 15) is 14.7 Å². The van der Waals surface area contributed by atoms with Crippen molar-refractivity contribution in [2.45, 2.75) is 26.2 Å². The fourth-order valence-electron chi connectivity index (χ4n) is 2.50. The van der Waals surface area contributed by atoms with Crippen LogP contribution in [0.15, 0.2) is 17.2 Å². The lowest BCUT2D eigenvalue weighted by Gasteiger charge is -2.39. The molecule has 1 unspecified atom stereocenters. The van der Waals surface area contributed by atoms with Crippen LogP contribution < -0.4 is 10.5 Å². The second kappa shape index (κ2) is 4.80. The second-order valence-electron chi connectivity index (χ2n) is 4.71. The van der Waals surface area contributed by atoms with Crippen molar-refractivity contribution in [3.8, 4) is 0 Å². The first-order valence-corrected chi connectivity index (χ1v) is 6.11. The molecule has 1 aromatic heterocycles. The van der Waals surface area contributed by atoms with Crippen LogP contribution in [0.4, 0.5) is 5.82 Å². The average Bonchev–Trinajstić information content (AvgIpc) is 2.39. The summed E-state index contributed by atoms with van der Waals surface area (Å²) in [6.07, 6.45) is 4.96. The summed E-state index contributed by atoms with van der Waals surface area (Å²) in [7, 11) is 0. The molecule has 6 heteroatoms. The third-order valence-corrected chi connectivity index (χ3v) is 3.70. The monoisotopic (exact) mass is 251 g/mol. The lowest BCUT2D eigenvalue weighted by Crippen LogP contribution is -2.49. The largest absolute Gasteiger partial charge is 0.481 e. The smallest absolute Gasteiger partial charge is 0.311 e. The van der Waals surface area contributed by atoms with E-state index in [4.69, 9.17) is 0 Å². The zero-order chi connectivity index (χ0) is 13.2. The van der Waals surface area contributed by atoms with Crippen LogP contribution in [0.2, 0.25) is 0 Å². The van der Waals surface area contributed by atoms with Gasteiger partial charge in [0.25, 0.3) is 5.56 Å². The number of rotatable bonds is 3. The summed E-state index contributed by atoms with van der Waals surface area (Å²) < 4.78 is 0. The van der Waals surface area contributed by atoms with E-state index in [2.05, 4.69) is 9.97 Å². The van der Waals surface area contributed by atoms with Crippen LogP contribution in [0.3, 0.4) is 0 Å². The Labute approximate surface area is 105 Å². The van der Waals surface area contributed by atoms with Gasteiger partial charge in [0.1, 0.15) is 0 Å². The number of hydrogen-bond acceptors (Lipinski definition) is 4. The number of carbonyl (C=O) groups is 1. The van der Waals surface area contributed by atoms with Crippen LogP contribution in [-0.2, 0) is 4.79 Å². The number of carboxylic acid groups (broad SMARTS) is 1. The van der Waals surface area contributed by atoms with Crippen molar-refractivity contribution >= 4 is 11.8 Å². The number of anilines is 1. The summed E-state index contributed by atoms with van der Waals surface area (Å²) in [5, 5.41) is 9.39. The molecule has 2 N–H and O–H groups in total. The highest BCUT2D eigenvalue weighted by molar-refractivity contribution is 5.75. The fourth-order valence-corrected chi connectivity index (χ4v) is 2.50.